The van der Waals surface area contributed by atoms with Crippen LogP contribution < -0.4 is 4.74 Å². The third-order valence-corrected chi connectivity index (χ3v) is 3.87. The number of nitrogens with zero attached hydrogens (tertiary/aromatic N) is 2. The normalized spacial score (nSPS) is 14.3. The van der Waals surface area contributed by atoms with E-state index in [9.17, 15) is 0 Å². The predicted octanol–water partition coefficient (Wildman–Crippen LogP) is 2.62. The first-order chi connectivity index (χ1) is 10.8. The van der Waals surface area contributed by atoms with E-state index in [2.05, 4.69) is 22.0 Å². The lowest BCUT2D eigenvalue weighted by Gasteiger charge is -2.20. The second kappa shape index (κ2) is 7.38. The molecule has 0 unspecified atom stereocenters. The Balaban J connectivity index is 1.53. The molecule has 0 atom stereocenters. The number of rotatable bonds is 8. The van der Waals surface area contributed by atoms with Crippen LogP contribution in [0.25, 0.3) is 0 Å². The number of aliphatic hydroxyl groups is 1. The number of benzene rings is 1. The van der Waals surface area contributed by atoms with Crippen LogP contribution in [0.4, 0.5) is 0 Å². The fraction of sp³-hybridized carbons (Fsp3) is 0.389. The zero-order chi connectivity index (χ0) is 15.2. The van der Waals surface area contributed by atoms with Crippen molar-refractivity contribution in [1.82, 2.24) is 9.88 Å². The van der Waals surface area contributed by atoms with E-state index in [-0.39, 0.29) is 6.61 Å². The molecule has 1 aliphatic carbocycles. The fourth-order valence-electron chi connectivity index (χ4n) is 2.53. The third-order valence-electron chi connectivity index (χ3n) is 3.87. The minimum absolute atomic E-state index is 0.224. The summed E-state index contributed by atoms with van der Waals surface area (Å²) in [5.74, 6) is 0.856. The molecule has 1 saturated carbocycles. The van der Waals surface area contributed by atoms with Gasteiger partial charge in [-0.15, -0.1) is 0 Å². The number of hydrogen-bond acceptors (Lipinski definition) is 4. The molecule has 1 fully saturated rings. The minimum atomic E-state index is 0.224. The number of hydrogen-bond donors (Lipinski definition) is 1. The summed E-state index contributed by atoms with van der Waals surface area (Å²) in [6.07, 6.45) is 4.28. The zero-order valence-electron chi connectivity index (χ0n) is 12.7. The minimum Gasteiger partial charge on any atom is -0.487 e. The summed E-state index contributed by atoms with van der Waals surface area (Å²) in [5, 5.41) is 9.15. The lowest BCUT2D eigenvalue weighted by Crippen LogP contribution is -2.28. The van der Waals surface area contributed by atoms with Crippen LogP contribution in [0.1, 0.15) is 24.1 Å². The van der Waals surface area contributed by atoms with Crippen LogP contribution >= 0.6 is 0 Å². The van der Waals surface area contributed by atoms with E-state index in [4.69, 9.17) is 9.84 Å². The van der Waals surface area contributed by atoms with Gasteiger partial charge in [-0.05, 0) is 42.7 Å². The van der Waals surface area contributed by atoms with Crippen LogP contribution in [-0.4, -0.2) is 34.2 Å². The maximum Gasteiger partial charge on any atom is 0.130 e. The van der Waals surface area contributed by atoms with Gasteiger partial charge in [0, 0.05) is 25.3 Å². The quantitative estimate of drug-likeness (QED) is 0.814. The summed E-state index contributed by atoms with van der Waals surface area (Å²) in [6.45, 7) is 2.36. The largest absolute Gasteiger partial charge is 0.487 e. The molecule has 116 valence electrons. The number of pyridine rings is 1. The Hall–Kier alpha value is -1.91. The molecule has 0 radical (unpaired) electrons. The topological polar surface area (TPSA) is 45.6 Å². The van der Waals surface area contributed by atoms with Gasteiger partial charge in [0.15, 0.2) is 0 Å². The van der Waals surface area contributed by atoms with Crippen LogP contribution in [0.3, 0.4) is 0 Å². The van der Waals surface area contributed by atoms with E-state index in [1.807, 2.05) is 30.3 Å². The number of ether oxygens (including phenoxy) is 1. The first kappa shape index (κ1) is 15.0. The van der Waals surface area contributed by atoms with Crippen LogP contribution in [0.15, 0.2) is 48.7 Å². The molecule has 0 aliphatic heterocycles. The van der Waals surface area contributed by atoms with Gasteiger partial charge in [-0.1, -0.05) is 18.2 Å². The Morgan fingerprint density at radius 2 is 1.95 bits per heavy atom. The molecule has 0 bridgehead atoms. The van der Waals surface area contributed by atoms with Gasteiger partial charge in [-0.25, -0.2) is 0 Å². The summed E-state index contributed by atoms with van der Waals surface area (Å²) in [5.41, 5.74) is 2.18. The molecule has 22 heavy (non-hydrogen) atoms. The first-order valence-electron chi connectivity index (χ1n) is 7.82. The van der Waals surface area contributed by atoms with Crippen molar-refractivity contribution in [3.63, 3.8) is 0 Å². The van der Waals surface area contributed by atoms with Crippen molar-refractivity contribution in [2.45, 2.75) is 32.0 Å². The second-order valence-electron chi connectivity index (χ2n) is 5.68. The van der Waals surface area contributed by atoms with E-state index in [0.29, 0.717) is 12.6 Å². The summed E-state index contributed by atoms with van der Waals surface area (Å²) >= 11 is 0. The highest BCUT2D eigenvalue weighted by Crippen LogP contribution is 2.28. The third kappa shape index (κ3) is 4.29. The van der Waals surface area contributed by atoms with Gasteiger partial charge >= 0.3 is 0 Å². The molecular weight excluding hydrogens is 276 g/mol. The van der Waals surface area contributed by atoms with Crippen LogP contribution in [-0.2, 0) is 13.2 Å². The Morgan fingerprint density at radius 1 is 1.14 bits per heavy atom. The molecule has 4 nitrogen and oxygen atoms in total. The molecule has 3 rings (SSSR count). The summed E-state index contributed by atoms with van der Waals surface area (Å²) < 4.78 is 5.74. The molecule has 0 amide bonds. The Kier molecular flexibility index (Phi) is 5.03. The number of aromatic nitrogens is 1. The molecule has 2 aromatic rings. The van der Waals surface area contributed by atoms with E-state index >= 15 is 0 Å². The van der Waals surface area contributed by atoms with Gasteiger partial charge in [0.05, 0.1) is 12.3 Å². The van der Waals surface area contributed by atoms with Crippen LogP contribution in [0, 0.1) is 0 Å². The zero-order valence-corrected chi connectivity index (χ0v) is 12.7. The summed E-state index contributed by atoms with van der Waals surface area (Å²) in [7, 11) is 0. The van der Waals surface area contributed by atoms with Gasteiger partial charge in [0.25, 0.3) is 0 Å². The summed E-state index contributed by atoms with van der Waals surface area (Å²) in [6, 6.07) is 14.7. The van der Waals surface area contributed by atoms with Crippen molar-refractivity contribution < 1.29 is 9.84 Å². The standard InChI is InChI=1S/C18H22N2O2/c21-12-11-20(17-6-7-17)13-15-4-8-18(9-5-15)22-14-16-3-1-2-10-19-16/h1-5,8-10,17,21H,6-7,11-14H2. The van der Waals surface area contributed by atoms with Gasteiger partial charge in [0.2, 0.25) is 0 Å². The highest BCUT2D eigenvalue weighted by Gasteiger charge is 2.28. The Bertz CT molecular complexity index is 567. The maximum absolute atomic E-state index is 9.15. The summed E-state index contributed by atoms with van der Waals surface area (Å²) in [4.78, 5) is 6.59. The van der Waals surface area contributed by atoms with Crippen LogP contribution in [0.2, 0.25) is 0 Å². The molecule has 1 aromatic carbocycles. The lowest BCUT2D eigenvalue weighted by molar-refractivity contribution is 0.183. The average Bonchev–Trinajstić information content (AvgIpc) is 3.40. The van der Waals surface area contributed by atoms with Crippen molar-refractivity contribution in [1.29, 1.82) is 0 Å². The van der Waals surface area contributed by atoms with Gasteiger partial charge < -0.3 is 9.84 Å². The average molecular weight is 298 g/mol. The molecule has 1 heterocycles. The molecule has 0 saturated heterocycles. The smallest absolute Gasteiger partial charge is 0.130 e. The van der Waals surface area contributed by atoms with Gasteiger partial charge in [-0.2, -0.15) is 0 Å². The van der Waals surface area contributed by atoms with E-state index in [1.54, 1.807) is 6.20 Å². The maximum atomic E-state index is 9.15. The SMILES string of the molecule is OCCN(Cc1ccc(OCc2ccccn2)cc1)C1CC1. The van der Waals surface area contributed by atoms with Crippen molar-refractivity contribution in [3.8, 4) is 5.75 Å². The van der Waals surface area contributed by atoms with Crippen molar-refractivity contribution in [3.05, 3.63) is 59.9 Å². The van der Waals surface area contributed by atoms with Crippen LogP contribution in [0.5, 0.6) is 5.75 Å². The van der Waals surface area contributed by atoms with E-state index in [1.165, 1.54) is 18.4 Å². The van der Waals surface area contributed by atoms with Crippen molar-refractivity contribution in [2.75, 3.05) is 13.2 Å². The molecule has 1 aromatic heterocycles. The second-order valence-corrected chi connectivity index (χ2v) is 5.68. The molecule has 0 spiro atoms. The molecule has 4 heteroatoms. The highest BCUT2D eigenvalue weighted by molar-refractivity contribution is 5.27. The lowest BCUT2D eigenvalue weighted by atomic mass is 10.2. The Labute approximate surface area is 131 Å². The highest BCUT2D eigenvalue weighted by atomic mass is 16.5. The van der Waals surface area contributed by atoms with Gasteiger partial charge in [-0.3, -0.25) is 9.88 Å². The monoisotopic (exact) mass is 298 g/mol. The number of aliphatic hydroxyl groups excluding tert-OH is 1. The fourth-order valence-corrected chi connectivity index (χ4v) is 2.53. The Morgan fingerprint density at radius 3 is 2.59 bits per heavy atom. The molecule has 1 aliphatic rings. The molecule has 1 N–H and O–H groups in total. The van der Waals surface area contributed by atoms with E-state index in [0.717, 1.165) is 24.5 Å². The van der Waals surface area contributed by atoms with E-state index < -0.39 is 0 Å². The first-order valence-corrected chi connectivity index (χ1v) is 7.82. The van der Waals surface area contributed by atoms with Crippen molar-refractivity contribution in [2.24, 2.45) is 0 Å². The van der Waals surface area contributed by atoms with Gasteiger partial charge in [0.1, 0.15) is 12.4 Å². The predicted molar refractivity (Wildman–Crippen MR) is 85.5 cm³/mol. The molecular formula is C18H22N2O2. The van der Waals surface area contributed by atoms with Crippen molar-refractivity contribution >= 4 is 0 Å².